The number of benzene rings is 1. The average molecular weight is 570 g/mol. The van der Waals surface area contributed by atoms with Gasteiger partial charge in [-0.25, -0.2) is 4.79 Å². The van der Waals surface area contributed by atoms with Crippen molar-refractivity contribution < 1.29 is 38.1 Å². The Bertz CT molecular complexity index is 1220. The van der Waals surface area contributed by atoms with Crippen molar-refractivity contribution in [2.45, 2.75) is 71.9 Å². The van der Waals surface area contributed by atoms with Crippen LogP contribution in [0.4, 0.5) is 5.69 Å². The van der Waals surface area contributed by atoms with Gasteiger partial charge in [-0.3, -0.25) is 9.59 Å². The number of carbonyl (C=O) groups excluding carboxylic acids is 3. The molecule has 2 saturated carbocycles. The largest absolute Gasteiger partial charge is 0.493 e. The Hall–Kier alpha value is -3.49. The molecule has 1 aromatic carbocycles. The van der Waals surface area contributed by atoms with Gasteiger partial charge < -0.3 is 29.0 Å². The summed E-state index contributed by atoms with van der Waals surface area (Å²) in [4.78, 5) is 36.8. The summed E-state index contributed by atoms with van der Waals surface area (Å²) >= 11 is 0. The fourth-order valence-corrected chi connectivity index (χ4v) is 7.54. The normalized spacial score (nSPS) is 29.9. The van der Waals surface area contributed by atoms with Crippen molar-refractivity contribution >= 4 is 23.6 Å². The van der Waals surface area contributed by atoms with E-state index in [1.807, 2.05) is 24.3 Å². The third-order valence-electron chi connectivity index (χ3n) is 9.54. The van der Waals surface area contributed by atoms with Crippen LogP contribution in [0.1, 0.15) is 59.8 Å². The lowest BCUT2D eigenvalue weighted by molar-refractivity contribution is -0.191. The number of cyclic esters (lactones) is 1. The zero-order chi connectivity index (χ0) is 29.9. The quantitative estimate of drug-likeness (QED) is 0.230. The molecule has 0 radical (unpaired) electrons. The van der Waals surface area contributed by atoms with Crippen LogP contribution in [-0.4, -0.2) is 57.5 Å². The predicted octanol–water partition coefficient (Wildman–Crippen LogP) is 5.24. The van der Waals surface area contributed by atoms with Gasteiger partial charge in [-0.15, -0.1) is 0 Å². The van der Waals surface area contributed by atoms with Crippen LogP contribution in [0.15, 0.2) is 42.0 Å². The molecule has 9 heteroatoms. The van der Waals surface area contributed by atoms with E-state index in [0.29, 0.717) is 29.9 Å². The number of anilines is 1. The van der Waals surface area contributed by atoms with Gasteiger partial charge in [-0.05, 0) is 67.6 Å². The second-order valence-corrected chi connectivity index (χ2v) is 12.0. The molecule has 0 bridgehead atoms. The highest BCUT2D eigenvalue weighted by molar-refractivity contribution is 5.92. The van der Waals surface area contributed by atoms with E-state index < -0.39 is 5.41 Å². The third-order valence-corrected chi connectivity index (χ3v) is 9.54. The van der Waals surface area contributed by atoms with Crippen LogP contribution in [0.5, 0.6) is 11.5 Å². The Morgan fingerprint density at radius 2 is 1.85 bits per heavy atom. The standard InChI is InChI=1S/C32H43NO8/c1-19-8-11-28-31(4,14-12-29(41-21(3)35)32(28,5)18-40-20(2)34)24(19)17-25(23-13-15-39-30(23)36)33-22-9-10-26(37-6)27(16-22)38-7/h9-10,13,16,24-25,28-29,33H,1,8,11-12,14-15,17-18H2,2-7H3/t24-,25?,28?,29+,31+,32-/m0/s1. The van der Waals surface area contributed by atoms with Gasteiger partial charge in [0.25, 0.3) is 0 Å². The van der Waals surface area contributed by atoms with Crippen molar-refractivity contribution in [2.24, 2.45) is 22.7 Å². The van der Waals surface area contributed by atoms with Crippen molar-refractivity contribution in [1.29, 1.82) is 0 Å². The Labute approximate surface area is 242 Å². The van der Waals surface area contributed by atoms with Crippen LogP contribution >= 0.6 is 0 Å². The number of hydrogen-bond donors (Lipinski definition) is 1. The monoisotopic (exact) mass is 569 g/mol. The molecule has 6 atom stereocenters. The van der Waals surface area contributed by atoms with Gasteiger partial charge in [0, 0.05) is 31.0 Å². The zero-order valence-electron chi connectivity index (χ0n) is 25.0. The number of allylic oxidation sites excluding steroid dienone is 1. The van der Waals surface area contributed by atoms with Crippen molar-refractivity contribution in [1.82, 2.24) is 0 Å². The van der Waals surface area contributed by atoms with E-state index in [2.05, 4.69) is 25.7 Å². The highest BCUT2D eigenvalue weighted by Crippen LogP contribution is 2.62. The minimum Gasteiger partial charge on any atom is -0.493 e. The van der Waals surface area contributed by atoms with Crippen molar-refractivity contribution in [3.8, 4) is 11.5 Å². The van der Waals surface area contributed by atoms with E-state index in [-0.39, 0.29) is 60.5 Å². The SMILES string of the molecule is C=C1CCC2[C@](C)(COC(C)=O)[C@H](OC(C)=O)CC[C@]2(C)[C@H]1CC(Nc1ccc(OC)c(OC)c1)C1=CCOC1=O. The molecule has 4 rings (SSSR count). The first-order valence-electron chi connectivity index (χ1n) is 14.3. The van der Waals surface area contributed by atoms with Gasteiger partial charge in [0.2, 0.25) is 0 Å². The highest BCUT2D eigenvalue weighted by Gasteiger charge is 2.60. The van der Waals surface area contributed by atoms with E-state index in [0.717, 1.165) is 30.5 Å². The van der Waals surface area contributed by atoms with Crippen molar-refractivity contribution in [2.75, 3.05) is 32.8 Å². The molecule has 1 heterocycles. The van der Waals surface area contributed by atoms with Crippen LogP contribution < -0.4 is 14.8 Å². The minimum atomic E-state index is -0.568. The van der Waals surface area contributed by atoms with E-state index >= 15 is 0 Å². The van der Waals surface area contributed by atoms with Crippen LogP contribution in [0.3, 0.4) is 0 Å². The maximum Gasteiger partial charge on any atom is 0.336 e. The molecule has 41 heavy (non-hydrogen) atoms. The summed E-state index contributed by atoms with van der Waals surface area (Å²) in [6.07, 6.45) is 5.18. The molecule has 1 aromatic rings. The van der Waals surface area contributed by atoms with Gasteiger partial charge in [0.15, 0.2) is 11.5 Å². The van der Waals surface area contributed by atoms with Crippen LogP contribution in [-0.2, 0) is 28.6 Å². The molecule has 1 aliphatic heterocycles. The summed E-state index contributed by atoms with van der Waals surface area (Å²) in [5.74, 6) is 0.305. The molecule has 9 nitrogen and oxygen atoms in total. The average Bonchev–Trinajstić information content (AvgIpc) is 3.36. The highest BCUT2D eigenvalue weighted by atomic mass is 16.6. The minimum absolute atomic E-state index is 0.0446. The molecule has 0 spiro atoms. The second kappa shape index (κ2) is 12.2. The van der Waals surface area contributed by atoms with Crippen LogP contribution in [0.25, 0.3) is 0 Å². The fourth-order valence-electron chi connectivity index (χ4n) is 7.54. The van der Waals surface area contributed by atoms with Gasteiger partial charge in [0.05, 0.1) is 25.8 Å². The second-order valence-electron chi connectivity index (χ2n) is 12.0. The number of carbonyl (C=O) groups is 3. The maximum atomic E-state index is 12.8. The van der Waals surface area contributed by atoms with Gasteiger partial charge in [-0.2, -0.15) is 0 Å². The Morgan fingerprint density at radius 3 is 2.46 bits per heavy atom. The number of methoxy groups -OCH3 is 2. The first-order valence-corrected chi connectivity index (χ1v) is 14.3. The Kier molecular flexibility index (Phi) is 9.04. The fraction of sp³-hybridized carbons (Fsp3) is 0.594. The molecule has 224 valence electrons. The smallest absolute Gasteiger partial charge is 0.336 e. The number of rotatable bonds is 10. The van der Waals surface area contributed by atoms with E-state index in [1.54, 1.807) is 14.2 Å². The number of hydrogen-bond acceptors (Lipinski definition) is 9. The lowest BCUT2D eigenvalue weighted by Crippen LogP contribution is -2.59. The number of ether oxygens (including phenoxy) is 5. The Balaban J connectivity index is 1.69. The van der Waals surface area contributed by atoms with E-state index in [9.17, 15) is 14.4 Å². The van der Waals surface area contributed by atoms with E-state index in [1.165, 1.54) is 13.8 Å². The number of nitrogens with one attached hydrogen (secondary N) is 1. The number of esters is 3. The summed E-state index contributed by atoms with van der Waals surface area (Å²) in [6.45, 7) is 12.1. The first-order chi connectivity index (χ1) is 19.4. The van der Waals surface area contributed by atoms with Gasteiger partial charge in [0.1, 0.15) is 19.3 Å². The Morgan fingerprint density at radius 1 is 1.12 bits per heavy atom. The summed E-state index contributed by atoms with van der Waals surface area (Å²) < 4.78 is 27.6. The summed E-state index contributed by atoms with van der Waals surface area (Å²) in [5, 5.41) is 3.57. The molecule has 0 aromatic heterocycles. The maximum absolute atomic E-state index is 12.8. The van der Waals surface area contributed by atoms with Crippen LogP contribution in [0, 0.1) is 22.7 Å². The van der Waals surface area contributed by atoms with Crippen LogP contribution in [0.2, 0.25) is 0 Å². The molecule has 0 saturated heterocycles. The molecule has 2 fully saturated rings. The summed E-state index contributed by atoms with van der Waals surface area (Å²) in [6, 6.07) is 5.24. The topological polar surface area (TPSA) is 109 Å². The first kappa shape index (κ1) is 30.5. The lowest BCUT2D eigenvalue weighted by atomic mass is 9.46. The molecular formula is C32H43NO8. The van der Waals surface area contributed by atoms with Gasteiger partial charge >= 0.3 is 17.9 Å². The molecular weight excluding hydrogens is 526 g/mol. The third kappa shape index (κ3) is 6.09. The molecule has 0 amide bonds. The summed E-state index contributed by atoms with van der Waals surface area (Å²) in [5.41, 5.74) is 1.71. The van der Waals surface area contributed by atoms with Crippen molar-refractivity contribution in [3.05, 3.63) is 42.0 Å². The molecule has 2 aliphatic carbocycles. The lowest BCUT2D eigenvalue weighted by Gasteiger charge is -2.60. The van der Waals surface area contributed by atoms with E-state index in [4.69, 9.17) is 23.7 Å². The predicted molar refractivity (Wildman–Crippen MR) is 154 cm³/mol. The molecule has 2 unspecified atom stereocenters. The molecule has 1 N–H and O–H groups in total. The zero-order valence-corrected chi connectivity index (χ0v) is 25.0. The molecule has 3 aliphatic rings. The van der Waals surface area contributed by atoms with Gasteiger partial charge in [-0.1, -0.05) is 26.0 Å². The van der Waals surface area contributed by atoms with Crippen molar-refractivity contribution in [3.63, 3.8) is 0 Å². The summed E-state index contributed by atoms with van der Waals surface area (Å²) in [7, 11) is 3.17. The number of fused-ring (bicyclic) bond motifs is 1.